The molecule has 1 unspecified atom stereocenters. The maximum Gasteiger partial charge on any atom is 0.511 e. The Hall–Kier alpha value is -1.66. The molecule has 22 heavy (non-hydrogen) atoms. The zero-order valence-electron chi connectivity index (χ0n) is 10.0. The second-order valence-electron chi connectivity index (χ2n) is 3.83. The highest BCUT2D eigenvalue weighted by Crippen LogP contribution is 2.48. The van der Waals surface area contributed by atoms with Crippen molar-refractivity contribution in [2.45, 2.75) is 24.1 Å². The predicted octanol–water partition coefficient (Wildman–Crippen LogP) is 3.48. The van der Waals surface area contributed by atoms with Crippen LogP contribution in [0.1, 0.15) is 0 Å². The minimum absolute atomic E-state index is 0.444. The van der Waals surface area contributed by atoms with Crippen molar-refractivity contribution < 1.29 is 58.5 Å². The molecule has 0 N–H and O–H groups in total. The Bertz CT molecular complexity index is 467. The largest absolute Gasteiger partial charge is 0.511 e. The number of cyclic esters (lactones) is 2. The quantitative estimate of drug-likeness (QED) is 0.576. The predicted molar refractivity (Wildman–Crippen MR) is 47.4 cm³/mol. The maximum atomic E-state index is 13.3. The van der Waals surface area contributed by atoms with E-state index in [1.165, 1.54) is 0 Å². The number of hydrogen-bond donors (Lipinski definition) is 0. The maximum absolute atomic E-state index is 13.3. The first kappa shape index (κ1) is 18.4. The van der Waals surface area contributed by atoms with Crippen LogP contribution in [-0.2, 0) is 14.2 Å². The molecule has 1 fully saturated rings. The van der Waals surface area contributed by atoms with E-state index in [2.05, 4.69) is 14.2 Å². The van der Waals surface area contributed by atoms with Crippen molar-refractivity contribution in [2.24, 2.45) is 0 Å². The van der Waals surface area contributed by atoms with Crippen LogP contribution < -0.4 is 0 Å². The normalized spacial score (nSPS) is 24.2. The van der Waals surface area contributed by atoms with Crippen LogP contribution >= 0.6 is 0 Å². The van der Waals surface area contributed by atoms with E-state index in [1.807, 2.05) is 0 Å². The van der Waals surface area contributed by atoms with Crippen LogP contribution in [0.15, 0.2) is 11.9 Å². The van der Waals surface area contributed by atoms with Gasteiger partial charge in [0.15, 0.2) is 6.61 Å². The van der Waals surface area contributed by atoms with Crippen molar-refractivity contribution in [1.29, 1.82) is 0 Å². The Kier molecular flexibility index (Phi) is 4.61. The molecule has 1 heterocycles. The molecule has 128 valence electrons. The Morgan fingerprint density at radius 2 is 1.73 bits per heavy atom. The van der Waals surface area contributed by atoms with E-state index in [9.17, 15) is 44.3 Å². The first-order chi connectivity index (χ1) is 9.73. The van der Waals surface area contributed by atoms with E-state index < -0.39 is 55.3 Å². The molecule has 0 aromatic rings. The van der Waals surface area contributed by atoms with Gasteiger partial charge in [0.2, 0.25) is 5.83 Å². The van der Waals surface area contributed by atoms with Crippen LogP contribution in [0, 0.1) is 0 Å². The lowest BCUT2D eigenvalue weighted by Gasteiger charge is -2.33. The number of alkyl halides is 8. The molecule has 4 nitrogen and oxygen atoms in total. The van der Waals surface area contributed by atoms with Crippen LogP contribution in [0.2, 0.25) is 0 Å². The molecular weight excluding hydrogens is 343 g/mol. The molecule has 0 radical (unpaired) electrons. The lowest BCUT2D eigenvalue weighted by atomic mass is 10.1. The van der Waals surface area contributed by atoms with Gasteiger partial charge in [-0.05, 0) is 6.08 Å². The molecule has 1 rings (SSSR count). The zero-order valence-corrected chi connectivity index (χ0v) is 10.0. The van der Waals surface area contributed by atoms with Gasteiger partial charge in [-0.25, -0.2) is 9.18 Å². The number of carbonyl (C=O) groups is 1. The SMILES string of the molecule is O=C1OCC(OC/C=C(/F)C(F)(F)F)(C(F)(F)C(F)(F)F)O1. The van der Waals surface area contributed by atoms with Crippen LogP contribution in [0.5, 0.6) is 0 Å². The summed E-state index contributed by atoms with van der Waals surface area (Å²) in [6.07, 6.45) is -14.1. The highest BCUT2D eigenvalue weighted by atomic mass is 19.4. The molecule has 0 aromatic carbocycles. The third kappa shape index (κ3) is 3.39. The monoisotopic (exact) mass is 348 g/mol. The molecule has 0 bridgehead atoms. The van der Waals surface area contributed by atoms with Gasteiger partial charge in [0.05, 0.1) is 6.61 Å². The lowest BCUT2D eigenvalue weighted by molar-refractivity contribution is -0.392. The van der Waals surface area contributed by atoms with Gasteiger partial charge in [-0.3, -0.25) is 0 Å². The Morgan fingerprint density at radius 3 is 2.09 bits per heavy atom. The average Bonchev–Trinajstić information content (AvgIpc) is 2.69. The summed E-state index contributed by atoms with van der Waals surface area (Å²) in [5.41, 5.74) is 0. The summed E-state index contributed by atoms with van der Waals surface area (Å²) in [5, 5.41) is 0. The molecule has 1 saturated heterocycles. The standard InChI is InChI=1S/C9H5F9O4/c10-4(7(11,12)13)1-2-21-6(3-20-5(19)22-6)8(14,15)9(16,17)18/h1H,2-3H2/b4-1+. The molecular formula is C9H5F9O4. The molecule has 0 saturated carbocycles. The van der Waals surface area contributed by atoms with E-state index in [4.69, 9.17) is 0 Å². The van der Waals surface area contributed by atoms with Crippen molar-refractivity contribution in [1.82, 2.24) is 0 Å². The highest BCUT2D eigenvalue weighted by molar-refractivity contribution is 5.62. The van der Waals surface area contributed by atoms with Crippen molar-refractivity contribution in [3.8, 4) is 0 Å². The summed E-state index contributed by atoms with van der Waals surface area (Å²) >= 11 is 0. The van der Waals surface area contributed by atoms with Crippen LogP contribution in [-0.4, -0.2) is 43.4 Å². The van der Waals surface area contributed by atoms with E-state index in [-0.39, 0.29) is 0 Å². The Balaban J connectivity index is 2.99. The first-order valence-corrected chi connectivity index (χ1v) is 5.10. The molecule has 0 spiro atoms. The molecule has 13 heteroatoms. The van der Waals surface area contributed by atoms with Gasteiger partial charge in [0, 0.05) is 0 Å². The van der Waals surface area contributed by atoms with E-state index in [0.717, 1.165) is 0 Å². The molecule has 0 aliphatic carbocycles. The first-order valence-electron chi connectivity index (χ1n) is 5.10. The second kappa shape index (κ2) is 5.52. The van der Waals surface area contributed by atoms with E-state index >= 15 is 0 Å². The number of allylic oxidation sites excluding steroid dienone is 1. The minimum atomic E-state index is -6.27. The Labute approximate surface area is 115 Å². The van der Waals surface area contributed by atoms with Crippen molar-refractivity contribution in [2.75, 3.05) is 13.2 Å². The molecule has 0 aromatic heterocycles. The minimum Gasteiger partial charge on any atom is -0.427 e. The fraction of sp³-hybridized carbons (Fsp3) is 0.667. The van der Waals surface area contributed by atoms with Gasteiger partial charge in [0.25, 0.3) is 0 Å². The summed E-state index contributed by atoms with van der Waals surface area (Å²) in [5.74, 6) is -12.7. The summed E-state index contributed by atoms with van der Waals surface area (Å²) in [7, 11) is 0. The van der Waals surface area contributed by atoms with Gasteiger partial charge >= 0.3 is 30.2 Å². The number of carbonyl (C=O) groups excluding carboxylic acids is 1. The smallest absolute Gasteiger partial charge is 0.427 e. The third-order valence-corrected chi connectivity index (χ3v) is 2.31. The summed E-state index contributed by atoms with van der Waals surface area (Å²) < 4.78 is 122. The van der Waals surface area contributed by atoms with Crippen molar-refractivity contribution in [3.05, 3.63) is 11.9 Å². The summed E-state index contributed by atoms with van der Waals surface area (Å²) in [6, 6.07) is 0. The number of rotatable bonds is 4. The van der Waals surface area contributed by atoms with Gasteiger partial charge in [0.1, 0.15) is 0 Å². The zero-order chi connectivity index (χ0) is 17.4. The summed E-state index contributed by atoms with van der Waals surface area (Å²) in [4.78, 5) is 10.6. The number of ether oxygens (including phenoxy) is 3. The summed E-state index contributed by atoms with van der Waals surface area (Å²) in [6.45, 7) is -3.44. The van der Waals surface area contributed by atoms with Crippen LogP contribution in [0.4, 0.5) is 44.3 Å². The van der Waals surface area contributed by atoms with Gasteiger partial charge in [-0.1, -0.05) is 0 Å². The second-order valence-corrected chi connectivity index (χ2v) is 3.83. The van der Waals surface area contributed by atoms with E-state index in [1.54, 1.807) is 0 Å². The Morgan fingerprint density at radius 1 is 1.18 bits per heavy atom. The van der Waals surface area contributed by atoms with Gasteiger partial charge in [-0.2, -0.15) is 35.1 Å². The third-order valence-electron chi connectivity index (χ3n) is 2.31. The van der Waals surface area contributed by atoms with Crippen LogP contribution in [0.3, 0.4) is 0 Å². The highest BCUT2D eigenvalue weighted by Gasteiger charge is 2.76. The molecule has 0 amide bonds. The average molecular weight is 348 g/mol. The van der Waals surface area contributed by atoms with Gasteiger partial charge in [-0.15, -0.1) is 0 Å². The fourth-order valence-corrected chi connectivity index (χ4v) is 1.25. The van der Waals surface area contributed by atoms with Crippen molar-refractivity contribution >= 4 is 6.16 Å². The number of hydrogen-bond acceptors (Lipinski definition) is 4. The van der Waals surface area contributed by atoms with Crippen LogP contribution in [0.25, 0.3) is 0 Å². The fourth-order valence-electron chi connectivity index (χ4n) is 1.25. The lowest BCUT2D eigenvalue weighted by Crippen LogP contribution is -2.60. The molecule has 1 aliphatic rings. The molecule has 1 atom stereocenters. The van der Waals surface area contributed by atoms with Crippen molar-refractivity contribution in [3.63, 3.8) is 0 Å². The number of halogens is 9. The molecule has 1 aliphatic heterocycles. The van der Waals surface area contributed by atoms with Gasteiger partial charge < -0.3 is 14.2 Å². The topological polar surface area (TPSA) is 44.8 Å². The van der Waals surface area contributed by atoms with E-state index in [0.29, 0.717) is 0 Å².